The number of hydrogen-bond acceptors (Lipinski definition) is 1. The highest BCUT2D eigenvalue weighted by Crippen LogP contribution is 2.43. The average Bonchev–Trinajstić information content (AvgIpc) is 2.42. The van der Waals surface area contributed by atoms with E-state index in [0.29, 0.717) is 11.8 Å². The second-order valence-corrected chi connectivity index (χ2v) is 4.41. The molecule has 0 unspecified atom stereocenters. The first-order valence-corrected chi connectivity index (χ1v) is 5.16. The molecular formula is C13H17N. The zero-order valence-electron chi connectivity index (χ0n) is 9.09. The molecule has 2 rings (SSSR count). The Hall–Kier alpha value is -1.24. The summed E-state index contributed by atoms with van der Waals surface area (Å²) in [5.74, 6) is 1.09. The number of hydrogen-bond donors (Lipinski definition) is 1. The topological polar surface area (TPSA) is 12.0 Å². The lowest BCUT2D eigenvalue weighted by molar-refractivity contribution is 0.571. The summed E-state index contributed by atoms with van der Waals surface area (Å²) in [6.07, 6.45) is 0. The quantitative estimate of drug-likeness (QED) is 0.707. The van der Waals surface area contributed by atoms with Crippen LogP contribution in [0, 0.1) is 12.8 Å². The van der Waals surface area contributed by atoms with Crippen LogP contribution in [0.1, 0.15) is 30.9 Å². The van der Waals surface area contributed by atoms with Gasteiger partial charge in [-0.2, -0.15) is 0 Å². The zero-order chi connectivity index (χ0) is 10.3. The molecule has 0 spiro atoms. The van der Waals surface area contributed by atoms with E-state index in [1.54, 1.807) is 0 Å². The monoisotopic (exact) mass is 187 g/mol. The zero-order valence-corrected chi connectivity index (χ0v) is 9.09. The Kier molecular flexibility index (Phi) is 2.10. The minimum atomic E-state index is 0.477. The van der Waals surface area contributed by atoms with Crippen LogP contribution >= 0.6 is 0 Å². The molecule has 0 aliphatic carbocycles. The highest BCUT2D eigenvalue weighted by atomic mass is 14.9. The summed E-state index contributed by atoms with van der Waals surface area (Å²) < 4.78 is 0. The van der Waals surface area contributed by atoms with E-state index in [0.717, 1.165) is 5.70 Å². The lowest BCUT2D eigenvalue weighted by atomic mass is 9.88. The van der Waals surface area contributed by atoms with Gasteiger partial charge in [0.05, 0.1) is 0 Å². The Morgan fingerprint density at radius 3 is 2.71 bits per heavy atom. The average molecular weight is 187 g/mol. The van der Waals surface area contributed by atoms with Gasteiger partial charge in [0.2, 0.25) is 0 Å². The maximum atomic E-state index is 4.10. The molecule has 0 aromatic heterocycles. The molecule has 1 aliphatic rings. The molecule has 0 bridgehead atoms. The van der Waals surface area contributed by atoms with E-state index < -0.39 is 0 Å². The minimum absolute atomic E-state index is 0.477. The van der Waals surface area contributed by atoms with Crippen molar-refractivity contribution in [2.45, 2.75) is 26.7 Å². The van der Waals surface area contributed by atoms with Crippen LogP contribution in [0.3, 0.4) is 0 Å². The third-order valence-electron chi connectivity index (χ3n) is 2.97. The Labute approximate surface area is 85.8 Å². The van der Waals surface area contributed by atoms with Crippen molar-refractivity contribution in [1.29, 1.82) is 0 Å². The number of rotatable bonds is 1. The van der Waals surface area contributed by atoms with Crippen LogP contribution in [0.2, 0.25) is 0 Å². The molecular weight excluding hydrogens is 170 g/mol. The van der Waals surface area contributed by atoms with Crippen LogP contribution in [-0.4, -0.2) is 0 Å². The summed E-state index contributed by atoms with van der Waals surface area (Å²) >= 11 is 0. The van der Waals surface area contributed by atoms with Gasteiger partial charge in [0.25, 0.3) is 0 Å². The molecule has 0 amide bonds. The SMILES string of the molecule is C=C1Nc2c(C)cccc2[C@H]1C(C)C. The standard InChI is InChI=1S/C13H17N/c1-8(2)12-10(4)14-13-9(3)6-5-7-11(12)13/h5-8,12,14H,4H2,1-3H3/t12-/m0/s1. The highest BCUT2D eigenvalue weighted by molar-refractivity contribution is 5.68. The Morgan fingerprint density at radius 1 is 1.36 bits per heavy atom. The van der Waals surface area contributed by atoms with Gasteiger partial charge in [0.1, 0.15) is 0 Å². The molecule has 1 aliphatic heterocycles. The molecule has 1 heteroatoms. The van der Waals surface area contributed by atoms with Gasteiger partial charge in [-0.3, -0.25) is 0 Å². The summed E-state index contributed by atoms with van der Waals surface area (Å²) in [6, 6.07) is 6.48. The van der Waals surface area contributed by atoms with Crippen LogP contribution in [0.4, 0.5) is 5.69 Å². The van der Waals surface area contributed by atoms with E-state index in [2.05, 4.69) is 50.9 Å². The van der Waals surface area contributed by atoms with E-state index in [9.17, 15) is 0 Å². The van der Waals surface area contributed by atoms with Gasteiger partial charge < -0.3 is 5.32 Å². The van der Waals surface area contributed by atoms with Crippen molar-refractivity contribution in [2.75, 3.05) is 5.32 Å². The number of aryl methyl sites for hydroxylation is 1. The van der Waals surface area contributed by atoms with Crippen molar-refractivity contribution in [3.05, 3.63) is 41.6 Å². The third-order valence-corrected chi connectivity index (χ3v) is 2.97. The van der Waals surface area contributed by atoms with Gasteiger partial charge in [-0.1, -0.05) is 38.6 Å². The molecule has 14 heavy (non-hydrogen) atoms. The predicted octanol–water partition coefficient (Wildman–Crippen LogP) is 3.67. The second-order valence-electron chi connectivity index (χ2n) is 4.41. The van der Waals surface area contributed by atoms with Crippen molar-refractivity contribution in [3.8, 4) is 0 Å². The number of para-hydroxylation sites is 1. The van der Waals surface area contributed by atoms with E-state index in [-0.39, 0.29) is 0 Å². The normalized spacial score (nSPS) is 19.7. The predicted molar refractivity (Wildman–Crippen MR) is 61.5 cm³/mol. The summed E-state index contributed by atoms with van der Waals surface area (Å²) in [5, 5.41) is 3.40. The first-order valence-electron chi connectivity index (χ1n) is 5.16. The molecule has 74 valence electrons. The Morgan fingerprint density at radius 2 is 2.07 bits per heavy atom. The molecule has 1 atom stereocenters. The second kappa shape index (κ2) is 3.16. The molecule has 1 nitrogen and oxygen atoms in total. The molecule has 1 aromatic carbocycles. The number of nitrogens with one attached hydrogen (secondary N) is 1. The fourth-order valence-electron chi connectivity index (χ4n) is 2.31. The van der Waals surface area contributed by atoms with Crippen molar-refractivity contribution >= 4 is 5.69 Å². The van der Waals surface area contributed by atoms with Gasteiger partial charge in [-0.25, -0.2) is 0 Å². The van der Waals surface area contributed by atoms with Crippen LogP contribution < -0.4 is 5.32 Å². The minimum Gasteiger partial charge on any atom is -0.358 e. The van der Waals surface area contributed by atoms with Gasteiger partial charge in [0.15, 0.2) is 0 Å². The summed E-state index contributed by atoms with van der Waals surface area (Å²) in [6.45, 7) is 10.7. The molecule has 0 radical (unpaired) electrons. The molecule has 1 heterocycles. The molecule has 1 aromatic rings. The van der Waals surface area contributed by atoms with Gasteiger partial charge >= 0.3 is 0 Å². The lowest BCUT2D eigenvalue weighted by Crippen LogP contribution is -2.05. The summed E-state index contributed by atoms with van der Waals surface area (Å²) in [4.78, 5) is 0. The maximum Gasteiger partial charge on any atom is 0.0451 e. The highest BCUT2D eigenvalue weighted by Gasteiger charge is 2.28. The van der Waals surface area contributed by atoms with E-state index in [4.69, 9.17) is 0 Å². The molecule has 0 saturated heterocycles. The van der Waals surface area contributed by atoms with Crippen molar-refractivity contribution in [3.63, 3.8) is 0 Å². The van der Waals surface area contributed by atoms with Gasteiger partial charge in [0, 0.05) is 17.3 Å². The largest absolute Gasteiger partial charge is 0.358 e. The molecule has 0 fully saturated rings. The maximum absolute atomic E-state index is 4.10. The first-order chi connectivity index (χ1) is 6.61. The van der Waals surface area contributed by atoms with E-state index >= 15 is 0 Å². The summed E-state index contributed by atoms with van der Waals surface area (Å²) in [7, 11) is 0. The molecule has 0 saturated carbocycles. The van der Waals surface area contributed by atoms with Crippen LogP contribution in [0.15, 0.2) is 30.5 Å². The Bertz CT molecular complexity index is 377. The van der Waals surface area contributed by atoms with Gasteiger partial charge in [-0.15, -0.1) is 0 Å². The van der Waals surface area contributed by atoms with Gasteiger partial charge in [-0.05, 0) is 24.0 Å². The van der Waals surface area contributed by atoms with E-state index in [1.807, 2.05) is 0 Å². The van der Waals surface area contributed by atoms with Crippen molar-refractivity contribution in [2.24, 2.45) is 5.92 Å². The Balaban J connectivity index is 2.53. The first kappa shape index (κ1) is 9.32. The van der Waals surface area contributed by atoms with Crippen molar-refractivity contribution in [1.82, 2.24) is 0 Å². The van der Waals surface area contributed by atoms with Crippen LogP contribution in [0.5, 0.6) is 0 Å². The smallest absolute Gasteiger partial charge is 0.0451 e. The number of allylic oxidation sites excluding steroid dienone is 1. The number of fused-ring (bicyclic) bond motifs is 1. The fraction of sp³-hybridized carbons (Fsp3) is 0.385. The lowest BCUT2D eigenvalue weighted by Gasteiger charge is -2.15. The third kappa shape index (κ3) is 1.24. The number of benzene rings is 1. The fourth-order valence-corrected chi connectivity index (χ4v) is 2.31. The van der Waals surface area contributed by atoms with Crippen LogP contribution in [0.25, 0.3) is 0 Å². The number of anilines is 1. The molecule has 1 N–H and O–H groups in total. The van der Waals surface area contributed by atoms with Crippen molar-refractivity contribution < 1.29 is 0 Å². The summed E-state index contributed by atoms with van der Waals surface area (Å²) in [5.41, 5.74) is 5.14. The van der Waals surface area contributed by atoms with Crippen LogP contribution in [-0.2, 0) is 0 Å². The van der Waals surface area contributed by atoms with E-state index in [1.165, 1.54) is 16.8 Å².